The number of carboxylic acid groups (broad SMARTS) is 1. The quantitative estimate of drug-likeness (QED) is 0.660. The Morgan fingerprint density at radius 1 is 1.53 bits per heavy atom. The largest absolute Gasteiger partial charge is 0.481 e. The van der Waals surface area contributed by atoms with Crippen LogP contribution in [0.3, 0.4) is 0 Å². The van der Waals surface area contributed by atoms with Crippen LogP contribution in [-0.4, -0.2) is 36.6 Å². The molecule has 5 nitrogen and oxygen atoms in total. The van der Waals surface area contributed by atoms with E-state index in [0.29, 0.717) is 19.5 Å². The van der Waals surface area contributed by atoms with Crippen LogP contribution >= 0.6 is 0 Å². The van der Waals surface area contributed by atoms with E-state index in [1.165, 1.54) is 0 Å². The summed E-state index contributed by atoms with van der Waals surface area (Å²) in [6.07, 6.45) is 2.38. The van der Waals surface area contributed by atoms with Crippen LogP contribution in [0.1, 0.15) is 33.1 Å². The molecule has 1 fully saturated rings. The molecule has 1 aliphatic rings. The third-order valence-electron chi connectivity index (χ3n) is 3.43. The Morgan fingerprint density at radius 2 is 2.24 bits per heavy atom. The molecular weight excluding hydrogens is 220 g/mol. The third kappa shape index (κ3) is 4.00. The molecule has 0 aliphatic carbocycles. The Bertz CT molecular complexity index is 285. The van der Waals surface area contributed by atoms with Gasteiger partial charge in [-0.3, -0.25) is 9.59 Å². The minimum absolute atomic E-state index is 0.0299. The van der Waals surface area contributed by atoms with Gasteiger partial charge in [0.25, 0.3) is 0 Å². The monoisotopic (exact) mass is 242 g/mol. The van der Waals surface area contributed by atoms with Gasteiger partial charge >= 0.3 is 5.97 Å². The Hall–Kier alpha value is -1.10. The topological polar surface area (TPSA) is 78.4 Å². The van der Waals surface area contributed by atoms with Crippen LogP contribution in [0.4, 0.5) is 0 Å². The van der Waals surface area contributed by atoms with Crippen molar-refractivity contribution >= 4 is 11.9 Å². The van der Waals surface area contributed by atoms with Crippen molar-refractivity contribution in [3.05, 3.63) is 0 Å². The summed E-state index contributed by atoms with van der Waals surface area (Å²) >= 11 is 0. The van der Waals surface area contributed by atoms with Gasteiger partial charge in [0.15, 0.2) is 0 Å². The van der Waals surface area contributed by atoms with Crippen molar-refractivity contribution in [3.63, 3.8) is 0 Å². The number of nitrogens with one attached hydrogen (secondary N) is 2. The molecule has 17 heavy (non-hydrogen) atoms. The molecule has 0 bridgehead atoms. The van der Waals surface area contributed by atoms with Gasteiger partial charge in [-0.05, 0) is 32.7 Å². The Kier molecular flexibility index (Phi) is 4.93. The second-order valence-electron chi connectivity index (χ2n) is 5.12. The fourth-order valence-corrected chi connectivity index (χ4v) is 1.99. The SMILES string of the molecule is CC(CCNC(=O)C1(C)CCCNC1)C(=O)O. The number of carboxylic acids is 1. The van der Waals surface area contributed by atoms with E-state index in [-0.39, 0.29) is 11.3 Å². The van der Waals surface area contributed by atoms with Gasteiger partial charge in [-0.2, -0.15) is 0 Å². The normalized spacial score (nSPS) is 26.2. The number of carbonyl (C=O) groups is 2. The van der Waals surface area contributed by atoms with Crippen molar-refractivity contribution < 1.29 is 14.7 Å². The fourth-order valence-electron chi connectivity index (χ4n) is 1.99. The number of aliphatic carboxylic acids is 1. The second-order valence-corrected chi connectivity index (χ2v) is 5.12. The molecule has 0 aromatic heterocycles. The third-order valence-corrected chi connectivity index (χ3v) is 3.43. The number of hydrogen-bond acceptors (Lipinski definition) is 3. The van der Waals surface area contributed by atoms with E-state index >= 15 is 0 Å². The van der Waals surface area contributed by atoms with Gasteiger partial charge < -0.3 is 15.7 Å². The Morgan fingerprint density at radius 3 is 2.76 bits per heavy atom. The Labute approximate surface area is 102 Å². The standard InChI is InChI=1S/C12H22N2O3/c1-9(10(15)16)4-7-14-11(17)12(2)5-3-6-13-8-12/h9,13H,3-8H2,1-2H3,(H,14,17)(H,15,16). The smallest absolute Gasteiger partial charge is 0.306 e. The van der Waals surface area contributed by atoms with Crippen molar-refractivity contribution in [2.75, 3.05) is 19.6 Å². The zero-order valence-corrected chi connectivity index (χ0v) is 10.6. The van der Waals surface area contributed by atoms with Crippen molar-refractivity contribution in [2.24, 2.45) is 11.3 Å². The van der Waals surface area contributed by atoms with Crippen LogP contribution < -0.4 is 10.6 Å². The van der Waals surface area contributed by atoms with Gasteiger partial charge in [-0.25, -0.2) is 0 Å². The highest BCUT2D eigenvalue weighted by atomic mass is 16.4. The van der Waals surface area contributed by atoms with Crippen LogP contribution in [0.2, 0.25) is 0 Å². The van der Waals surface area contributed by atoms with Gasteiger partial charge in [-0.1, -0.05) is 6.92 Å². The van der Waals surface area contributed by atoms with Gasteiger partial charge in [0.05, 0.1) is 11.3 Å². The van der Waals surface area contributed by atoms with Gasteiger partial charge in [-0.15, -0.1) is 0 Å². The van der Waals surface area contributed by atoms with E-state index in [4.69, 9.17) is 5.11 Å². The van der Waals surface area contributed by atoms with Crippen LogP contribution in [-0.2, 0) is 9.59 Å². The van der Waals surface area contributed by atoms with E-state index in [1.807, 2.05) is 6.92 Å². The summed E-state index contributed by atoms with van der Waals surface area (Å²) in [5.74, 6) is -1.19. The molecule has 1 aliphatic heterocycles. The highest BCUT2D eigenvalue weighted by molar-refractivity contribution is 5.82. The van der Waals surface area contributed by atoms with Crippen molar-refractivity contribution in [3.8, 4) is 0 Å². The van der Waals surface area contributed by atoms with Gasteiger partial charge in [0.1, 0.15) is 0 Å². The van der Waals surface area contributed by atoms with E-state index in [9.17, 15) is 9.59 Å². The number of piperidine rings is 1. The van der Waals surface area contributed by atoms with E-state index in [2.05, 4.69) is 10.6 Å². The summed E-state index contributed by atoms with van der Waals surface area (Å²) in [5, 5.41) is 14.8. The molecule has 1 amide bonds. The molecular formula is C12H22N2O3. The molecule has 1 saturated heterocycles. The Balaban J connectivity index is 2.31. The zero-order chi connectivity index (χ0) is 12.9. The maximum absolute atomic E-state index is 12.0. The summed E-state index contributed by atoms with van der Waals surface area (Å²) < 4.78 is 0. The van der Waals surface area contributed by atoms with Crippen LogP contribution in [0.15, 0.2) is 0 Å². The first-order valence-electron chi connectivity index (χ1n) is 6.17. The fraction of sp³-hybridized carbons (Fsp3) is 0.833. The first kappa shape index (κ1) is 14.0. The van der Waals surface area contributed by atoms with Crippen molar-refractivity contribution in [2.45, 2.75) is 33.1 Å². The zero-order valence-electron chi connectivity index (χ0n) is 10.6. The van der Waals surface area contributed by atoms with E-state index < -0.39 is 11.9 Å². The highest BCUT2D eigenvalue weighted by Crippen LogP contribution is 2.25. The molecule has 98 valence electrons. The van der Waals surface area contributed by atoms with Crippen LogP contribution in [0.25, 0.3) is 0 Å². The summed E-state index contributed by atoms with van der Waals surface area (Å²) in [6, 6.07) is 0. The number of carbonyl (C=O) groups excluding carboxylic acids is 1. The molecule has 0 radical (unpaired) electrons. The number of rotatable bonds is 5. The van der Waals surface area contributed by atoms with Crippen LogP contribution in [0, 0.1) is 11.3 Å². The molecule has 2 unspecified atom stereocenters. The predicted octanol–water partition coefficient (Wildman–Crippen LogP) is 0.603. The molecule has 0 aromatic rings. The molecule has 0 spiro atoms. The first-order chi connectivity index (χ1) is 7.96. The summed E-state index contributed by atoms with van der Waals surface area (Å²) in [5.41, 5.74) is -0.343. The van der Waals surface area contributed by atoms with Gasteiger partial charge in [0.2, 0.25) is 5.91 Å². The molecule has 1 rings (SSSR count). The minimum atomic E-state index is -0.815. The molecule has 2 atom stereocenters. The van der Waals surface area contributed by atoms with E-state index in [1.54, 1.807) is 6.92 Å². The first-order valence-corrected chi connectivity index (χ1v) is 6.17. The number of amides is 1. The molecule has 0 aromatic carbocycles. The van der Waals surface area contributed by atoms with Crippen LogP contribution in [0.5, 0.6) is 0 Å². The molecule has 3 N–H and O–H groups in total. The lowest BCUT2D eigenvalue weighted by molar-refractivity contribution is -0.141. The van der Waals surface area contributed by atoms with Gasteiger partial charge in [0, 0.05) is 13.1 Å². The summed E-state index contributed by atoms with van der Waals surface area (Å²) in [4.78, 5) is 22.6. The predicted molar refractivity (Wildman–Crippen MR) is 64.6 cm³/mol. The summed E-state index contributed by atoms with van der Waals surface area (Å²) in [7, 11) is 0. The maximum atomic E-state index is 12.0. The van der Waals surface area contributed by atoms with E-state index in [0.717, 1.165) is 19.4 Å². The summed E-state index contributed by atoms with van der Waals surface area (Å²) in [6.45, 7) is 5.71. The molecule has 0 saturated carbocycles. The lowest BCUT2D eigenvalue weighted by atomic mass is 9.82. The second kappa shape index (κ2) is 6.00. The molecule has 5 heteroatoms. The molecule has 1 heterocycles. The average molecular weight is 242 g/mol. The van der Waals surface area contributed by atoms with Crippen molar-refractivity contribution in [1.82, 2.24) is 10.6 Å². The lowest BCUT2D eigenvalue weighted by Gasteiger charge is -2.32. The van der Waals surface area contributed by atoms with Crippen molar-refractivity contribution in [1.29, 1.82) is 0 Å². The highest BCUT2D eigenvalue weighted by Gasteiger charge is 2.34. The maximum Gasteiger partial charge on any atom is 0.306 e. The number of hydrogen-bond donors (Lipinski definition) is 3. The lowest BCUT2D eigenvalue weighted by Crippen LogP contribution is -2.49. The minimum Gasteiger partial charge on any atom is -0.481 e. The average Bonchev–Trinajstić information content (AvgIpc) is 2.29.